The molecule has 0 unspecified atom stereocenters. The maximum absolute atomic E-state index is 11.7. The average molecular weight is 246 g/mol. The van der Waals surface area contributed by atoms with Gasteiger partial charge in [-0.15, -0.1) is 11.8 Å². The molecule has 0 aliphatic heterocycles. The Morgan fingerprint density at radius 2 is 2.12 bits per heavy atom. The number of hydrogen-bond acceptors (Lipinski definition) is 3. The third kappa shape index (κ3) is 3.01. The lowest BCUT2D eigenvalue weighted by Crippen LogP contribution is -2.00. The summed E-state index contributed by atoms with van der Waals surface area (Å²) in [6, 6.07) is 9.68. The molecule has 1 aromatic carbocycles. The van der Waals surface area contributed by atoms with Gasteiger partial charge in [-0.2, -0.15) is 0 Å². The molecule has 3 heteroatoms. The Kier molecular flexibility index (Phi) is 3.69. The largest absolute Gasteiger partial charge is 0.461 e. The number of Topliss-reactive ketones (excluding diaryl/α,β-unsaturated/α-hetero) is 1. The molecule has 2 nitrogen and oxygen atoms in total. The molecule has 0 saturated carbocycles. The van der Waals surface area contributed by atoms with Crippen molar-refractivity contribution in [2.24, 2.45) is 0 Å². The predicted octanol–water partition coefficient (Wildman–Crippen LogP) is 3.87. The molecule has 17 heavy (non-hydrogen) atoms. The van der Waals surface area contributed by atoms with E-state index in [1.54, 1.807) is 23.9 Å². The Hall–Kier alpha value is -1.48. The molecule has 0 radical (unpaired) electrons. The summed E-state index contributed by atoms with van der Waals surface area (Å²) in [7, 11) is 0. The van der Waals surface area contributed by atoms with Crippen molar-refractivity contribution in [1.82, 2.24) is 0 Å². The van der Waals surface area contributed by atoms with Crippen molar-refractivity contribution in [2.75, 3.05) is 5.75 Å². The lowest BCUT2D eigenvalue weighted by atomic mass is 10.2. The van der Waals surface area contributed by atoms with Crippen molar-refractivity contribution in [3.05, 3.63) is 53.5 Å². The van der Waals surface area contributed by atoms with E-state index in [1.165, 1.54) is 17.4 Å². The van der Waals surface area contributed by atoms with Gasteiger partial charge in [-0.3, -0.25) is 4.79 Å². The first-order valence-electron chi connectivity index (χ1n) is 5.43. The van der Waals surface area contributed by atoms with E-state index < -0.39 is 0 Å². The van der Waals surface area contributed by atoms with Gasteiger partial charge in [0.25, 0.3) is 0 Å². The molecule has 0 bridgehead atoms. The monoisotopic (exact) mass is 246 g/mol. The van der Waals surface area contributed by atoms with Crippen LogP contribution in [0, 0.1) is 13.8 Å². The first-order valence-corrected chi connectivity index (χ1v) is 6.42. The van der Waals surface area contributed by atoms with Gasteiger partial charge in [0.15, 0.2) is 5.76 Å². The summed E-state index contributed by atoms with van der Waals surface area (Å²) in [5, 5.41) is 0. The molecule has 1 aromatic heterocycles. The first kappa shape index (κ1) is 12.0. The van der Waals surface area contributed by atoms with Crippen LogP contribution in [0.5, 0.6) is 0 Å². The molecule has 0 amide bonds. The van der Waals surface area contributed by atoms with Gasteiger partial charge in [0.05, 0.1) is 12.0 Å². The van der Waals surface area contributed by atoms with Crippen LogP contribution < -0.4 is 0 Å². The Morgan fingerprint density at radius 1 is 1.29 bits per heavy atom. The second-order valence-corrected chi connectivity index (χ2v) is 4.98. The van der Waals surface area contributed by atoms with E-state index in [0.717, 1.165) is 4.90 Å². The van der Waals surface area contributed by atoms with Crippen LogP contribution in [0.25, 0.3) is 0 Å². The van der Waals surface area contributed by atoms with Crippen LogP contribution in [0.4, 0.5) is 0 Å². The first-order chi connectivity index (χ1) is 8.16. The smallest absolute Gasteiger partial charge is 0.208 e. The second kappa shape index (κ2) is 5.23. The minimum Gasteiger partial charge on any atom is -0.461 e. The third-order valence-electron chi connectivity index (χ3n) is 2.49. The van der Waals surface area contributed by atoms with Crippen molar-refractivity contribution in [3.63, 3.8) is 0 Å². The molecule has 0 aliphatic rings. The molecule has 2 aromatic rings. The molecule has 1 heterocycles. The maximum atomic E-state index is 11.7. The van der Waals surface area contributed by atoms with Crippen LogP contribution in [0.15, 0.2) is 45.9 Å². The van der Waals surface area contributed by atoms with Gasteiger partial charge in [-0.1, -0.05) is 17.7 Å². The third-order valence-corrected chi connectivity index (χ3v) is 3.66. The van der Waals surface area contributed by atoms with Gasteiger partial charge in [-0.05, 0) is 37.6 Å². The number of benzene rings is 1. The van der Waals surface area contributed by atoms with Gasteiger partial charge >= 0.3 is 0 Å². The van der Waals surface area contributed by atoms with Crippen LogP contribution in [0.1, 0.15) is 21.7 Å². The maximum Gasteiger partial charge on any atom is 0.208 e. The molecule has 2 rings (SSSR count). The number of hydrogen-bond donors (Lipinski definition) is 0. The van der Waals surface area contributed by atoms with Gasteiger partial charge in [0.1, 0.15) is 0 Å². The van der Waals surface area contributed by atoms with Crippen molar-refractivity contribution in [1.29, 1.82) is 0 Å². The highest BCUT2D eigenvalue weighted by atomic mass is 32.2. The quantitative estimate of drug-likeness (QED) is 0.606. The fraction of sp³-hybridized carbons (Fsp3) is 0.214. The highest BCUT2D eigenvalue weighted by Gasteiger charge is 2.09. The van der Waals surface area contributed by atoms with Gasteiger partial charge in [-0.25, -0.2) is 0 Å². The number of furan rings is 1. The molecule has 0 fully saturated rings. The zero-order chi connectivity index (χ0) is 12.3. The van der Waals surface area contributed by atoms with E-state index in [-0.39, 0.29) is 5.78 Å². The summed E-state index contributed by atoms with van der Waals surface area (Å²) >= 11 is 1.55. The lowest BCUT2D eigenvalue weighted by molar-refractivity contribution is 0.0992. The number of thioether (sulfide) groups is 1. The fourth-order valence-electron chi connectivity index (χ4n) is 1.61. The topological polar surface area (TPSA) is 30.2 Å². The van der Waals surface area contributed by atoms with Crippen LogP contribution in [-0.2, 0) is 0 Å². The van der Waals surface area contributed by atoms with Crippen molar-refractivity contribution < 1.29 is 9.21 Å². The standard InChI is InChI=1S/C14H14O2S/c1-10-5-6-14(11(2)8-10)17-9-12(15)13-4-3-7-16-13/h3-8H,9H2,1-2H3. The molecule has 0 saturated heterocycles. The van der Waals surface area contributed by atoms with Gasteiger partial charge in [0, 0.05) is 4.90 Å². The molecule has 0 spiro atoms. The summed E-state index contributed by atoms with van der Waals surface area (Å²) in [5.74, 6) is 0.875. The van der Waals surface area contributed by atoms with E-state index in [9.17, 15) is 4.79 Å². The zero-order valence-corrected chi connectivity index (χ0v) is 10.7. The molecule has 88 valence electrons. The summed E-state index contributed by atoms with van der Waals surface area (Å²) in [6.07, 6.45) is 1.52. The summed E-state index contributed by atoms with van der Waals surface area (Å²) in [6.45, 7) is 4.13. The number of carbonyl (C=O) groups excluding carboxylic acids is 1. The van der Waals surface area contributed by atoms with Crippen LogP contribution in [-0.4, -0.2) is 11.5 Å². The lowest BCUT2D eigenvalue weighted by Gasteiger charge is -2.05. The van der Waals surface area contributed by atoms with Gasteiger partial charge < -0.3 is 4.42 Å². The minimum absolute atomic E-state index is 0.0278. The molecule has 0 atom stereocenters. The van der Waals surface area contributed by atoms with Crippen LogP contribution >= 0.6 is 11.8 Å². The van der Waals surface area contributed by atoms with E-state index in [2.05, 4.69) is 32.0 Å². The molecule has 0 aliphatic carbocycles. The van der Waals surface area contributed by atoms with Crippen molar-refractivity contribution in [3.8, 4) is 0 Å². The Morgan fingerprint density at radius 3 is 2.76 bits per heavy atom. The van der Waals surface area contributed by atoms with E-state index >= 15 is 0 Å². The van der Waals surface area contributed by atoms with E-state index in [0.29, 0.717) is 11.5 Å². The average Bonchev–Trinajstić information content (AvgIpc) is 2.81. The molecular formula is C14H14O2S. The fourth-order valence-corrected chi connectivity index (χ4v) is 2.49. The minimum atomic E-state index is 0.0278. The number of rotatable bonds is 4. The highest BCUT2D eigenvalue weighted by molar-refractivity contribution is 8.00. The SMILES string of the molecule is Cc1ccc(SCC(=O)c2ccco2)c(C)c1. The molecule has 0 N–H and O–H groups in total. The Balaban J connectivity index is 2.01. The molecular weight excluding hydrogens is 232 g/mol. The van der Waals surface area contributed by atoms with Gasteiger partial charge in [0.2, 0.25) is 5.78 Å². The number of ketones is 1. The van der Waals surface area contributed by atoms with Crippen molar-refractivity contribution >= 4 is 17.5 Å². The Bertz CT molecular complexity index is 515. The van der Waals surface area contributed by atoms with Crippen molar-refractivity contribution in [2.45, 2.75) is 18.7 Å². The zero-order valence-electron chi connectivity index (χ0n) is 9.90. The summed E-state index contributed by atoms with van der Waals surface area (Å²) in [4.78, 5) is 12.9. The predicted molar refractivity (Wildman–Crippen MR) is 69.7 cm³/mol. The second-order valence-electron chi connectivity index (χ2n) is 3.96. The van der Waals surface area contributed by atoms with E-state index in [1.807, 2.05) is 0 Å². The highest BCUT2D eigenvalue weighted by Crippen LogP contribution is 2.24. The van der Waals surface area contributed by atoms with E-state index in [4.69, 9.17) is 4.42 Å². The van der Waals surface area contributed by atoms with Crippen LogP contribution in [0.3, 0.4) is 0 Å². The number of carbonyl (C=O) groups is 1. The number of aryl methyl sites for hydroxylation is 2. The normalized spacial score (nSPS) is 10.5. The van der Waals surface area contributed by atoms with Crippen LogP contribution in [0.2, 0.25) is 0 Å². The summed E-state index contributed by atoms with van der Waals surface area (Å²) < 4.78 is 5.07. The Labute approximate surface area is 105 Å². The summed E-state index contributed by atoms with van der Waals surface area (Å²) in [5.41, 5.74) is 2.45.